The largest absolute Gasteiger partial charge is 0.508 e. The van der Waals surface area contributed by atoms with Crippen LogP contribution >= 0.6 is 0 Å². The van der Waals surface area contributed by atoms with Gasteiger partial charge in [0.2, 0.25) is 0 Å². The molecule has 2 aromatic rings. The minimum absolute atomic E-state index is 0.0513. The zero-order valence-corrected chi connectivity index (χ0v) is 16.8. The van der Waals surface area contributed by atoms with Crippen LogP contribution in [0.25, 0.3) is 6.08 Å². The van der Waals surface area contributed by atoms with E-state index in [1.165, 1.54) is 29.0 Å². The van der Waals surface area contributed by atoms with Crippen molar-refractivity contribution in [3.63, 3.8) is 0 Å². The summed E-state index contributed by atoms with van der Waals surface area (Å²) in [5.41, 5.74) is 7.68. The molecule has 1 saturated heterocycles. The van der Waals surface area contributed by atoms with E-state index in [-0.39, 0.29) is 11.7 Å². The molecule has 0 spiro atoms. The maximum atomic E-state index is 12.3. The number of amides is 1. The van der Waals surface area contributed by atoms with Crippen molar-refractivity contribution in [2.75, 3.05) is 26.3 Å². The number of nitrogens with one attached hydrogen (secondary N) is 1. The molecule has 1 heterocycles. The van der Waals surface area contributed by atoms with Gasteiger partial charge in [0.05, 0.1) is 19.4 Å². The predicted molar refractivity (Wildman–Crippen MR) is 117 cm³/mol. The number of hydrogen-bond donors (Lipinski definition) is 2. The van der Waals surface area contributed by atoms with Crippen LogP contribution in [0.3, 0.4) is 0 Å². The van der Waals surface area contributed by atoms with Crippen molar-refractivity contribution in [2.24, 2.45) is 5.10 Å². The number of hydrogen-bond acceptors (Lipinski definition) is 5. The summed E-state index contributed by atoms with van der Waals surface area (Å²) in [6.45, 7) is 3.10. The van der Waals surface area contributed by atoms with Gasteiger partial charge >= 0.3 is 0 Å². The summed E-state index contributed by atoms with van der Waals surface area (Å²) >= 11 is 0. The van der Waals surface area contributed by atoms with Crippen molar-refractivity contribution in [3.05, 3.63) is 82.6 Å². The second kappa shape index (κ2) is 9.41. The Kier molecular flexibility index (Phi) is 6.25. The van der Waals surface area contributed by atoms with E-state index >= 15 is 0 Å². The van der Waals surface area contributed by atoms with Crippen LogP contribution in [0, 0.1) is 0 Å². The molecule has 0 radical (unpaired) electrons. The molecule has 2 aliphatic rings. The van der Waals surface area contributed by atoms with Crippen LogP contribution in [0.1, 0.15) is 28.8 Å². The summed E-state index contributed by atoms with van der Waals surface area (Å²) in [6.07, 6.45) is 5.79. The van der Waals surface area contributed by atoms with Crippen molar-refractivity contribution in [3.8, 4) is 5.75 Å². The summed E-state index contributed by atoms with van der Waals surface area (Å²) in [7, 11) is 0. The molecule has 1 amide bonds. The number of carbonyl (C=O) groups excluding carboxylic acids is 1. The first-order valence-electron chi connectivity index (χ1n) is 10.1. The Balaban J connectivity index is 1.56. The first-order valence-corrected chi connectivity index (χ1v) is 10.1. The first-order chi connectivity index (χ1) is 14.7. The summed E-state index contributed by atoms with van der Waals surface area (Å²) in [4.78, 5) is 14.6. The summed E-state index contributed by atoms with van der Waals surface area (Å²) in [6, 6.07) is 16.5. The van der Waals surface area contributed by atoms with Crippen LogP contribution < -0.4 is 5.43 Å². The van der Waals surface area contributed by atoms with Crippen molar-refractivity contribution < 1.29 is 14.6 Å². The fourth-order valence-electron chi connectivity index (χ4n) is 3.80. The average Bonchev–Trinajstić information content (AvgIpc) is 3.17. The molecule has 1 aliphatic carbocycles. The van der Waals surface area contributed by atoms with Gasteiger partial charge in [-0.15, -0.1) is 0 Å². The van der Waals surface area contributed by atoms with E-state index in [0.29, 0.717) is 18.8 Å². The summed E-state index contributed by atoms with van der Waals surface area (Å²) in [5.74, 6) is -0.302. The number of aromatic hydroxyl groups is 1. The lowest BCUT2D eigenvalue weighted by atomic mass is 10.1. The lowest BCUT2D eigenvalue weighted by molar-refractivity contribution is 0.0548. The second-order valence-electron chi connectivity index (χ2n) is 7.30. The molecular weight excluding hydrogens is 378 g/mol. The van der Waals surface area contributed by atoms with Crippen LogP contribution in [-0.2, 0) is 4.74 Å². The highest BCUT2D eigenvalue weighted by Gasteiger charge is 2.25. The van der Waals surface area contributed by atoms with Gasteiger partial charge in [0.25, 0.3) is 5.91 Å². The van der Waals surface area contributed by atoms with Gasteiger partial charge in [-0.2, -0.15) is 5.10 Å². The Morgan fingerprint density at radius 2 is 1.87 bits per heavy atom. The Hall–Kier alpha value is -3.38. The number of rotatable bonds is 5. The molecule has 0 aromatic heterocycles. The van der Waals surface area contributed by atoms with E-state index in [1.54, 1.807) is 18.3 Å². The Labute approximate surface area is 176 Å². The lowest BCUT2D eigenvalue weighted by Gasteiger charge is -2.31. The fraction of sp³-hybridized carbons (Fsp3) is 0.250. The van der Waals surface area contributed by atoms with Crippen molar-refractivity contribution in [2.45, 2.75) is 12.8 Å². The number of ether oxygens (including phenoxy) is 1. The minimum Gasteiger partial charge on any atom is -0.508 e. The monoisotopic (exact) mass is 403 g/mol. The Bertz CT molecular complexity index is 990. The topological polar surface area (TPSA) is 74.2 Å². The van der Waals surface area contributed by atoms with E-state index in [4.69, 9.17) is 4.74 Å². The third kappa shape index (κ3) is 4.78. The number of phenols is 1. The molecule has 6 heteroatoms. The van der Waals surface area contributed by atoms with Crippen molar-refractivity contribution in [1.29, 1.82) is 0 Å². The Morgan fingerprint density at radius 1 is 1.07 bits per heavy atom. The minimum atomic E-state index is -0.353. The first kappa shape index (κ1) is 19.9. The maximum absolute atomic E-state index is 12.3. The van der Waals surface area contributed by atoms with Gasteiger partial charge in [0.1, 0.15) is 5.75 Å². The van der Waals surface area contributed by atoms with Gasteiger partial charge in [0, 0.05) is 24.4 Å². The summed E-state index contributed by atoms with van der Waals surface area (Å²) < 4.78 is 5.52. The number of carbonyl (C=O) groups is 1. The van der Waals surface area contributed by atoms with Crippen LogP contribution in [0.2, 0.25) is 0 Å². The normalized spacial score (nSPS) is 18.4. The van der Waals surface area contributed by atoms with Gasteiger partial charge in [-0.1, -0.05) is 36.4 Å². The highest BCUT2D eigenvalue weighted by molar-refractivity contribution is 5.95. The van der Waals surface area contributed by atoms with Crippen molar-refractivity contribution >= 4 is 18.2 Å². The number of morpholine rings is 1. The number of benzene rings is 2. The van der Waals surface area contributed by atoms with E-state index in [1.807, 2.05) is 18.2 Å². The smallest absolute Gasteiger partial charge is 0.271 e. The fourth-order valence-corrected chi connectivity index (χ4v) is 3.80. The Morgan fingerprint density at radius 3 is 2.63 bits per heavy atom. The van der Waals surface area contributed by atoms with Crippen LogP contribution in [-0.4, -0.2) is 48.4 Å². The van der Waals surface area contributed by atoms with Gasteiger partial charge < -0.3 is 14.7 Å². The third-order valence-corrected chi connectivity index (χ3v) is 5.23. The van der Waals surface area contributed by atoms with Gasteiger partial charge in [0.15, 0.2) is 0 Å². The number of phenolic OH excluding ortho intramolecular Hbond substituents is 1. The molecule has 0 unspecified atom stereocenters. The van der Waals surface area contributed by atoms with E-state index in [2.05, 4.69) is 33.6 Å². The molecule has 30 heavy (non-hydrogen) atoms. The van der Waals surface area contributed by atoms with Gasteiger partial charge in [-0.05, 0) is 53.8 Å². The maximum Gasteiger partial charge on any atom is 0.271 e. The SMILES string of the molecule is O=C(N/N=C\C1=C(N2CCOCC2)C(=Cc2ccccc2)CC1)c1cccc(O)c1. The molecule has 1 fully saturated rings. The van der Waals surface area contributed by atoms with E-state index in [9.17, 15) is 9.90 Å². The standard InChI is InChI=1S/C24H25N3O3/c28-22-8-4-7-20(16-22)24(29)26-25-17-21-10-9-19(15-18-5-2-1-3-6-18)23(21)27-11-13-30-14-12-27/h1-8,15-17,28H,9-14H2,(H,26,29)/b19-15?,25-17-. The summed E-state index contributed by atoms with van der Waals surface area (Å²) in [5, 5.41) is 13.7. The van der Waals surface area contributed by atoms with Crippen LogP contribution in [0.5, 0.6) is 5.75 Å². The molecule has 4 rings (SSSR count). The van der Waals surface area contributed by atoms with Crippen molar-refractivity contribution in [1.82, 2.24) is 10.3 Å². The molecular formula is C24H25N3O3. The van der Waals surface area contributed by atoms with E-state index in [0.717, 1.165) is 31.5 Å². The molecule has 6 nitrogen and oxygen atoms in total. The average molecular weight is 403 g/mol. The van der Waals surface area contributed by atoms with Gasteiger partial charge in [-0.3, -0.25) is 4.79 Å². The van der Waals surface area contributed by atoms with Gasteiger partial charge in [-0.25, -0.2) is 5.43 Å². The third-order valence-electron chi connectivity index (χ3n) is 5.23. The zero-order valence-electron chi connectivity index (χ0n) is 16.8. The number of nitrogens with zero attached hydrogens (tertiary/aromatic N) is 2. The van der Waals surface area contributed by atoms with Crippen LogP contribution in [0.15, 0.2) is 76.5 Å². The molecule has 2 N–H and O–H groups in total. The quantitative estimate of drug-likeness (QED) is 0.591. The van der Waals surface area contributed by atoms with E-state index < -0.39 is 0 Å². The highest BCUT2D eigenvalue weighted by Crippen LogP contribution is 2.34. The predicted octanol–water partition coefficient (Wildman–Crippen LogP) is 3.57. The molecule has 0 saturated carbocycles. The molecule has 154 valence electrons. The zero-order chi connectivity index (χ0) is 20.8. The second-order valence-corrected chi connectivity index (χ2v) is 7.30. The molecule has 0 atom stereocenters. The number of hydrazone groups is 1. The molecule has 1 aliphatic heterocycles. The number of allylic oxidation sites excluding steroid dienone is 2. The lowest BCUT2D eigenvalue weighted by Crippen LogP contribution is -2.36. The molecule has 2 aromatic carbocycles. The molecule has 0 bridgehead atoms. The van der Waals surface area contributed by atoms with Crippen LogP contribution in [0.4, 0.5) is 0 Å². The highest BCUT2D eigenvalue weighted by atomic mass is 16.5.